The summed E-state index contributed by atoms with van der Waals surface area (Å²) < 4.78 is 55.5. The lowest BCUT2D eigenvalue weighted by Gasteiger charge is -2.28. The zero-order valence-electron chi connectivity index (χ0n) is 19.6. The molecule has 0 fully saturated rings. The van der Waals surface area contributed by atoms with Gasteiger partial charge in [-0.3, -0.25) is 4.18 Å². The van der Waals surface area contributed by atoms with Crippen molar-refractivity contribution in [1.82, 2.24) is 0 Å². The van der Waals surface area contributed by atoms with E-state index in [0.717, 1.165) is 11.1 Å². The summed E-state index contributed by atoms with van der Waals surface area (Å²) in [7, 11) is -6.56. The summed E-state index contributed by atoms with van der Waals surface area (Å²) in [5.74, 6) is 0. The average Bonchev–Trinajstić information content (AvgIpc) is 2.75. The van der Waals surface area contributed by atoms with Gasteiger partial charge >= 0.3 is 0 Å². The average molecular weight is 483 g/mol. The Kier molecular flexibility index (Phi) is 10.1. The lowest BCUT2D eigenvalue weighted by atomic mass is 10.2. The second-order valence-electron chi connectivity index (χ2n) is 8.51. The second-order valence-corrected chi connectivity index (χ2v) is 14.2. The van der Waals surface area contributed by atoms with Crippen molar-refractivity contribution >= 4 is 17.3 Å². The van der Waals surface area contributed by atoms with E-state index in [1.807, 2.05) is 65.0 Å². The van der Waals surface area contributed by atoms with Gasteiger partial charge in [-0.25, -0.2) is 0 Å². The number of hydrogen-bond acceptors (Lipinski definition) is 6. The van der Waals surface area contributed by atoms with Crippen LogP contribution in [0.2, 0.25) is 0 Å². The van der Waals surface area contributed by atoms with E-state index >= 15 is 0 Å². The van der Waals surface area contributed by atoms with Gasteiger partial charge in [0.15, 0.2) is 0 Å². The minimum atomic E-state index is -3.94. The fraction of sp³-hybridized carbons (Fsp3) is 0.500. The summed E-state index contributed by atoms with van der Waals surface area (Å²) in [6.07, 6.45) is -0.625. The summed E-state index contributed by atoms with van der Waals surface area (Å²) in [5.41, 5.74) is 1.88. The van der Waals surface area contributed by atoms with Gasteiger partial charge in [-0.1, -0.05) is 75.7 Å². The quantitative estimate of drug-likeness (QED) is 0.279. The molecule has 6 nitrogen and oxygen atoms in total. The maximum atomic E-state index is 13.3. The van der Waals surface area contributed by atoms with Crippen LogP contribution in [0.15, 0.2) is 59.5 Å². The molecule has 0 saturated heterocycles. The topological polar surface area (TPSA) is 78.9 Å². The van der Waals surface area contributed by atoms with Crippen molar-refractivity contribution in [3.8, 4) is 0 Å². The first-order valence-electron chi connectivity index (χ1n) is 10.8. The maximum absolute atomic E-state index is 13.3. The molecular weight excluding hydrogens is 447 g/mol. The van der Waals surface area contributed by atoms with Crippen molar-refractivity contribution in [3.05, 3.63) is 65.7 Å². The SMILES string of the molecule is Cc1ccc(S(=O)(=O)OCC(COCc2ccccc2)OCP(=O)(C(C)C)C(C)C)cc1. The van der Waals surface area contributed by atoms with Crippen molar-refractivity contribution in [1.29, 1.82) is 0 Å². The third-order valence-electron chi connectivity index (χ3n) is 5.39. The number of benzene rings is 2. The molecule has 0 saturated carbocycles. The van der Waals surface area contributed by atoms with Gasteiger partial charge in [-0.05, 0) is 24.6 Å². The minimum absolute atomic E-state index is 0.0365. The molecule has 0 aliphatic heterocycles. The Morgan fingerprint density at radius 1 is 0.875 bits per heavy atom. The molecule has 0 aliphatic rings. The van der Waals surface area contributed by atoms with Crippen LogP contribution in [-0.4, -0.2) is 45.4 Å². The number of aryl methyl sites for hydroxylation is 1. The van der Waals surface area contributed by atoms with Crippen molar-refractivity contribution < 1.29 is 26.6 Å². The molecule has 0 aliphatic carbocycles. The Hall–Kier alpha value is -1.50. The predicted molar refractivity (Wildman–Crippen MR) is 128 cm³/mol. The van der Waals surface area contributed by atoms with E-state index in [9.17, 15) is 13.0 Å². The summed E-state index contributed by atoms with van der Waals surface area (Å²) in [4.78, 5) is 0.0853. The summed E-state index contributed by atoms with van der Waals surface area (Å²) >= 11 is 0. The largest absolute Gasteiger partial charge is 0.374 e. The van der Waals surface area contributed by atoms with Crippen molar-refractivity contribution in [2.75, 3.05) is 19.6 Å². The third kappa shape index (κ3) is 7.82. The molecule has 2 aromatic rings. The van der Waals surface area contributed by atoms with Crippen LogP contribution in [0.25, 0.3) is 0 Å². The Morgan fingerprint density at radius 3 is 2.03 bits per heavy atom. The van der Waals surface area contributed by atoms with E-state index in [2.05, 4.69) is 0 Å². The van der Waals surface area contributed by atoms with Crippen LogP contribution in [-0.2, 0) is 34.9 Å². The fourth-order valence-electron chi connectivity index (χ4n) is 3.08. The van der Waals surface area contributed by atoms with Gasteiger partial charge in [0.25, 0.3) is 10.1 Å². The number of ether oxygens (including phenoxy) is 2. The van der Waals surface area contributed by atoms with Crippen molar-refractivity contribution in [2.45, 2.75) is 63.5 Å². The lowest BCUT2D eigenvalue weighted by molar-refractivity contribution is -0.0262. The first kappa shape index (κ1) is 26.7. The summed E-state index contributed by atoms with van der Waals surface area (Å²) in [6.45, 7) is 9.82. The first-order chi connectivity index (χ1) is 15.0. The van der Waals surface area contributed by atoms with E-state index in [-0.39, 0.29) is 35.8 Å². The van der Waals surface area contributed by atoms with Crippen LogP contribution in [0.3, 0.4) is 0 Å². The fourth-order valence-corrected chi connectivity index (χ4v) is 6.25. The van der Waals surface area contributed by atoms with E-state index in [1.54, 1.807) is 12.1 Å². The Morgan fingerprint density at radius 2 is 1.47 bits per heavy atom. The minimum Gasteiger partial charge on any atom is -0.374 e. The van der Waals surface area contributed by atoms with Gasteiger partial charge in [-0.15, -0.1) is 0 Å². The predicted octanol–water partition coefficient (Wildman–Crippen LogP) is 5.44. The molecular formula is C24H35O6PS. The van der Waals surface area contributed by atoms with Gasteiger partial charge in [0.05, 0.1) is 24.7 Å². The first-order valence-corrected chi connectivity index (χ1v) is 14.3. The van der Waals surface area contributed by atoms with Crippen LogP contribution >= 0.6 is 7.14 Å². The summed E-state index contributed by atoms with van der Waals surface area (Å²) in [5, 5.41) is 0. The number of rotatable bonds is 13. The molecule has 0 spiro atoms. The smallest absolute Gasteiger partial charge is 0.297 e. The molecule has 0 bridgehead atoms. The van der Waals surface area contributed by atoms with E-state index in [4.69, 9.17) is 13.7 Å². The molecule has 0 heterocycles. The zero-order valence-corrected chi connectivity index (χ0v) is 21.3. The van der Waals surface area contributed by atoms with Gasteiger partial charge in [0.1, 0.15) is 19.6 Å². The van der Waals surface area contributed by atoms with Gasteiger partial charge in [0.2, 0.25) is 0 Å². The lowest BCUT2D eigenvalue weighted by Crippen LogP contribution is -2.29. The highest BCUT2D eigenvalue weighted by atomic mass is 32.2. The van der Waals surface area contributed by atoms with E-state index in [0.29, 0.717) is 6.61 Å². The standard InChI is InChI=1S/C24H35O6PS/c1-19(2)31(25,20(3)4)18-29-23(16-28-15-22-9-7-6-8-10-22)17-30-32(26,27)24-13-11-21(5)12-14-24/h6-14,19-20,23H,15-18H2,1-5H3. The Bertz CT molecular complexity index is 959. The molecule has 0 aromatic heterocycles. The van der Waals surface area contributed by atoms with Crippen LogP contribution in [0.4, 0.5) is 0 Å². The van der Waals surface area contributed by atoms with Crippen LogP contribution in [0, 0.1) is 6.92 Å². The van der Waals surface area contributed by atoms with Gasteiger partial charge in [-0.2, -0.15) is 8.42 Å². The maximum Gasteiger partial charge on any atom is 0.297 e. The molecule has 1 atom stereocenters. The van der Waals surface area contributed by atoms with E-state index in [1.165, 1.54) is 12.1 Å². The zero-order chi connectivity index (χ0) is 23.8. The van der Waals surface area contributed by atoms with E-state index < -0.39 is 23.4 Å². The van der Waals surface area contributed by atoms with Crippen LogP contribution in [0.1, 0.15) is 38.8 Å². The van der Waals surface area contributed by atoms with Gasteiger partial charge < -0.3 is 14.0 Å². The number of hydrogen-bond donors (Lipinski definition) is 0. The van der Waals surface area contributed by atoms with Crippen LogP contribution in [0.5, 0.6) is 0 Å². The van der Waals surface area contributed by atoms with Gasteiger partial charge in [0, 0.05) is 11.3 Å². The highest BCUT2D eigenvalue weighted by Gasteiger charge is 2.32. The molecule has 32 heavy (non-hydrogen) atoms. The molecule has 2 rings (SSSR count). The molecule has 2 aromatic carbocycles. The molecule has 0 radical (unpaired) electrons. The summed E-state index contributed by atoms with van der Waals surface area (Å²) in [6, 6.07) is 16.1. The molecule has 1 unspecified atom stereocenters. The molecule has 8 heteroatoms. The Labute approximate surface area is 192 Å². The Balaban J connectivity index is 2.06. The highest BCUT2D eigenvalue weighted by Crippen LogP contribution is 2.54. The highest BCUT2D eigenvalue weighted by molar-refractivity contribution is 7.86. The van der Waals surface area contributed by atoms with Crippen molar-refractivity contribution in [2.24, 2.45) is 0 Å². The third-order valence-corrected chi connectivity index (χ3v) is 10.7. The molecule has 178 valence electrons. The van der Waals surface area contributed by atoms with Crippen LogP contribution < -0.4 is 0 Å². The molecule has 0 N–H and O–H groups in total. The van der Waals surface area contributed by atoms with Crippen molar-refractivity contribution in [3.63, 3.8) is 0 Å². The normalized spacial score (nSPS) is 13.6. The second kappa shape index (κ2) is 12.1. The monoisotopic (exact) mass is 482 g/mol. The molecule has 0 amide bonds.